The van der Waals surface area contributed by atoms with Gasteiger partial charge in [-0.2, -0.15) is 11.8 Å². The predicted octanol–water partition coefficient (Wildman–Crippen LogP) is 3.77. The first kappa shape index (κ1) is 15.7. The minimum atomic E-state index is 0.895. The maximum Gasteiger partial charge on any atom is 0.0366 e. The number of hydrogen-bond acceptors (Lipinski definition) is 3. The Hall–Kier alpha value is -0.670. The lowest BCUT2D eigenvalue weighted by atomic mass is 10.0. The van der Waals surface area contributed by atoms with Crippen molar-refractivity contribution in [2.75, 3.05) is 36.0 Å². The standard InChI is InChI=1S/C17H28N2S/c1-3-19(4-2)17-7-5-15(6-8-17)13-18-14-16-9-11-20-12-10-16/h5-8,16,18H,3-4,9-14H2,1-2H3. The third kappa shape index (κ3) is 4.71. The second kappa shape index (κ2) is 8.58. The number of thioether (sulfide) groups is 1. The van der Waals surface area contributed by atoms with Crippen molar-refractivity contribution in [2.45, 2.75) is 33.2 Å². The highest BCUT2D eigenvalue weighted by Gasteiger charge is 2.12. The molecule has 0 atom stereocenters. The quantitative estimate of drug-likeness (QED) is 0.823. The fourth-order valence-electron chi connectivity index (χ4n) is 2.78. The van der Waals surface area contributed by atoms with E-state index in [0.717, 1.165) is 25.6 Å². The van der Waals surface area contributed by atoms with E-state index < -0.39 is 0 Å². The highest BCUT2D eigenvalue weighted by Crippen LogP contribution is 2.22. The molecule has 1 aromatic rings. The van der Waals surface area contributed by atoms with Gasteiger partial charge in [0, 0.05) is 25.3 Å². The molecule has 0 aromatic heterocycles. The Morgan fingerprint density at radius 2 is 1.75 bits per heavy atom. The molecule has 2 nitrogen and oxygen atoms in total. The van der Waals surface area contributed by atoms with E-state index in [1.54, 1.807) is 0 Å². The van der Waals surface area contributed by atoms with Gasteiger partial charge in [-0.05, 0) is 68.4 Å². The van der Waals surface area contributed by atoms with E-state index in [9.17, 15) is 0 Å². The highest BCUT2D eigenvalue weighted by molar-refractivity contribution is 7.99. The topological polar surface area (TPSA) is 15.3 Å². The van der Waals surface area contributed by atoms with Gasteiger partial charge in [-0.15, -0.1) is 0 Å². The molecule has 3 heteroatoms. The Morgan fingerprint density at radius 1 is 1.10 bits per heavy atom. The van der Waals surface area contributed by atoms with Gasteiger partial charge in [-0.25, -0.2) is 0 Å². The summed E-state index contributed by atoms with van der Waals surface area (Å²) in [7, 11) is 0. The minimum Gasteiger partial charge on any atom is -0.372 e. The van der Waals surface area contributed by atoms with Gasteiger partial charge < -0.3 is 10.2 Å². The minimum absolute atomic E-state index is 0.895. The zero-order chi connectivity index (χ0) is 14.2. The summed E-state index contributed by atoms with van der Waals surface area (Å²) in [6.45, 7) is 8.75. The van der Waals surface area contributed by atoms with Crippen molar-refractivity contribution in [3.8, 4) is 0 Å². The van der Waals surface area contributed by atoms with Crippen LogP contribution >= 0.6 is 11.8 Å². The number of anilines is 1. The fraction of sp³-hybridized carbons (Fsp3) is 0.647. The molecule has 1 saturated heterocycles. The van der Waals surface area contributed by atoms with E-state index in [-0.39, 0.29) is 0 Å². The van der Waals surface area contributed by atoms with E-state index >= 15 is 0 Å². The molecule has 0 amide bonds. The molecule has 0 saturated carbocycles. The van der Waals surface area contributed by atoms with Crippen LogP contribution in [0.15, 0.2) is 24.3 Å². The van der Waals surface area contributed by atoms with Crippen LogP contribution in [0.2, 0.25) is 0 Å². The van der Waals surface area contributed by atoms with Crippen LogP contribution in [0.4, 0.5) is 5.69 Å². The molecule has 1 aliphatic rings. The molecule has 1 N–H and O–H groups in total. The first-order chi connectivity index (χ1) is 9.83. The number of nitrogens with zero attached hydrogens (tertiary/aromatic N) is 1. The summed E-state index contributed by atoms with van der Waals surface area (Å²) in [4.78, 5) is 2.39. The summed E-state index contributed by atoms with van der Waals surface area (Å²) in [5.74, 6) is 3.60. The molecule has 0 bridgehead atoms. The highest BCUT2D eigenvalue weighted by atomic mass is 32.2. The van der Waals surface area contributed by atoms with E-state index in [4.69, 9.17) is 0 Å². The van der Waals surface area contributed by atoms with E-state index in [0.29, 0.717) is 0 Å². The predicted molar refractivity (Wildman–Crippen MR) is 91.8 cm³/mol. The average molecular weight is 292 g/mol. The largest absolute Gasteiger partial charge is 0.372 e. The zero-order valence-electron chi connectivity index (χ0n) is 12.9. The van der Waals surface area contributed by atoms with Crippen molar-refractivity contribution in [3.05, 3.63) is 29.8 Å². The number of rotatable bonds is 7. The van der Waals surface area contributed by atoms with Crippen LogP contribution in [-0.4, -0.2) is 31.1 Å². The summed E-state index contributed by atoms with van der Waals surface area (Å²) in [5.41, 5.74) is 2.73. The van der Waals surface area contributed by atoms with Gasteiger partial charge in [-0.3, -0.25) is 0 Å². The van der Waals surface area contributed by atoms with Crippen LogP contribution in [0.25, 0.3) is 0 Å². The molecule has 0 spiro atoms. The van der Waals surface area contributed by atoms with Crippen LogP contribution in [0, 0.1) is 5.92 Å². The zero-order valence-corrected chi connectivity index (χ0v) is 13.7. The molecule has 1 heterocycles. The summed E-state index contributed by atoms with van der Waals surface area (Å²) >= 11 is 2.10. The summed E-state index contributed by atoms with van der Waals surface area (Å²) < 4.78 is 0. The molecular formula is C17H28N2S. The second-order valence-electron chi connectivity index (χ2n) is 5.53. The number of hydrogen-bond donors (Lipinski definition) is 1. The Labute approximate surface area is 128 Å². The van der Waals surface area contributed by atoms with Crippen LogP contribution in [0.3, 0.4) is 0 Å². The first-order valence-corrected chi connectivity index (χ1v) is 9.11. The molecule has 2 rings (SSSR count). The fourth-order valence-corrected chi connectivity index (χ4v) is 3.99. The van der Waals surface area contributed by atoms with Crippen LogP contribution < -0.4 is 10.2 Å². The van der Waals surface area contributed by atoms with E-state index in [2.05, 4.69) is 60.1 Å². The van der Waals surface area contributed by atoms with Gasteiger partial charge >= 0.3 is 0 Å². The maximum absolute atomic E-state index is 3.63. The lowest BCUT2D eigenvalue weighted by Crippen LogP contribution is -2.25. The average Bonchev–Trinajstić information content (AvgIpc) is 2.51. The van der Waals surface area contributed by atoms with Crippen molar-refractivity contribution >= 4 is 17.4 Å². The SMILES string of the molecule is CCN(CC)c1ccc(CNCC2CCSCC2)cc1. The summed E-state index contributed by atoms with van der Waals surface area (Å²) in [5, 5.41) is 3.63. The van der Waals surface area contributed by atoms with Crippen molar-refractivity contribution < 1.29 is 0 Å². The third-order valence-corrected chi connectivity index (χ3v) is 5.22. The Kier molecular flexibility index (Phi) is 6.74. The monoisotopic (exact) mass is 292 g/mol. The lowest BCUT2D eigenvalue weighted by Gasteiger charge is -2.22. The number of benzene rings is 1. The molecule has 1 aliphatic heterocycles. The molecule has 20 heavy (non-hydrogen) atoms. The van der Waals surface area contributed by atoms with Crippen molar-refractivity contribution in [3.63, 3.8) is 0 Å². The molecule has 0 unspecified atom stereocenters. The summed E-state index contributed by atoms with van der Waals surface area (Å²) in [6, 6.07) is 9.03. The molecule has 112 valence electrons. The van der Waals surface area contributed by atoms with E-state index in [1.807, 2.05) is 0 Å². The van der Waals surface area contributed by atoms with Crippen molar-refractivity contribution in [1.29, 1.82) is 0 Å². The molecular weight excluding hydrogens is 264 g/mol. The van der Waals surface area contributed by atoms with Gasteiger partial charge in [0.2, 0.25) is 0 Å². The normalized spacial score (nSPS) is 16.3. The third-order valence-electron chi connectivity index (χ3n) is 4.17. The van der Waals surface area contributed by atoms with Crippen molar-refractivity contribution in [2.24, 2.45) is 5.92 Å². The van der Waals surface area contributed by atoms with Crippen LogP contribution in [0.1, 0.15) is 32.3 Å². The molecule has 0 aliphatic carbocycles. The van der Waals surface area contributed by atoms with Gasteiger partial charge in [0.1, 0.15) is 0 Å². The van der Waals surface area contributed by atoms with Crippen molar-refractivity contribution in [1.82, 2.24) is 5.32 Å². The van der Waals surface area contributed by atoms with Crippen LogP contribution in [0.5, 0.6) is 0 Å². The van der Waals surface area contributed by atoms with Gasteiger partial charge in [0.05, 0.1) is 0 Å². The smallest absolute Gasteiger partial charge is 0.0366 e. The molecule has 0 radical (unpaired) electrons. The Morgan fingerprint density at radius 3 is 2.35 bits per heavy atom. The number of nitrogens with one attached hydrogen (secondary N) is 1. The first-order valence-electron chi connectivity index (χ1n) is 7.95. The molecule has 1 fully saturated rings. The van der Waals surface area contributed by atoms with Gasteiger partial charge in [0.25, 0.3) is 0 Å². The van der Waals surface area contributed by atoms with Gasteiger partial charge in [0.15, 0.2) is 0 Å². The van der Waals surface area contributed by atoms with Gasteiger partial charge in [-0.1, -0.05) is 12.1 Å². The molecule has 1 aromatic carbocycles. The van der Waals surface area contributed by atoms with Crippen LogP contribution in [-0.2, 0) is 6.54 Å². The summed E-state index contributed by atoms with van der Waals surface area (Å²) in [6.07, 6.45) is 2.77. The Balaban J connectivity index is 1.75. The van der Waals surface area contributed by atoms with E-state index in [1.165, 1.54) is 42.1 Å². The maximum atomic E-state index is 3.63. The second-order valence-corrected chi connectivity index (χ2v) is 6.75. The lowest BCUT2D eigenvalue weighted by molar-refractivity contribution is 0.447. The Bertz CT molecular complexity index is 367.